The molecular formula is C15H16BrNO. The zero-order chi connectivity index (χ0) is 13.3. The first kappa shape index (κ1) is 13.1. The van der Waals surface area contributed by atoms with Crippen molar-refractivity contribution >= 4 is 15.9 Å². The number of aryl methyl sites for hydroxylation is 2. The van der Waals surface area contributed by atoms with Crippen LogP contribution in [-0.2, 0) is 12.4 Å². The highest BCUT2D eigenvalue weighted by Crippen LogP contribution is 2.23. The molecule has 0 bridgehead atoms. The van der Waals surface area contributed by atoms with E-state index in [1.54, 1.807) is 4.57 Å². The van der Waals surface area contributed by atoms with Crippen molar-refractivity contribution in [3.63, 3.8) is 0 Å². The van der Waals surface area contributed by atoms with Gasteiger partial charge in [0.15, 0.2) is 0 Å². The minimum absolute atomic E-state index is 0.0596. The summed E-state index contributed by atoms with van der Waals surface area (Å²) in [5.41, 5.74) is 5.34. The fraction of sp³-hybridized carbons (Fsp3) is 0.267. The Morgan fingerprint density at radius 1 is 1.17 bits per heavy atom. The molecule has 1 aromatic heterocycles. The average molecular weight is 306 g/mol. The lowest BCUT2D eigenvalue weighted by Crippen LogP contribution is -2.21. The predicted octanol–water partition coefficient (Wildman–Crippen LogP) is 3.56. The highest BCUT2D eigenvalue weighted by molar-refractivity contribution is 9.08. The van der Waals surface area contributed by atoms with Gasteiger partial charge in [0.25, 0.3) is 5.56 Å². The van der Waals surface area contributed by atoms with E-state index < -0.39 is 0 Å². The van der Waals surface area contributed by atoms with Gasteiger partial charge in [-0.2, -0.15) is 0 Å². The van der Waals surface area contributed by atoms with Crippen LogP contribution in [0.25, 0.3) is 11.3 Å². The van der Waals surface area contributed by atoms with E-state index in [0.717, 1.165) is 16.8 Å². The summed E-state index contributed by atoms with van der Waals surface area (Å²) in [7, 11) is 1.82. The molecule has 0 spiro atoms. The topological polar surface area (TPSA) is 22.0 Å². The smallest absolute Gasteiger partial charge is 0.254 e. The minimum Gasteiger partial charge on any atom is -0.311 e. The van der Waals surface area contributed by atoms with Crippen LogP contribution in [0.15, 0.2) is 35.1 Å². The molecule has 0 unspecified atom stereocenters. The van der Waals surface area contributed by atoms with Crippen LogP contribution in [0.5, 0.6) is 0 Å². The molecule has 3 heteroatoms. The number of hydrogen-bond acceptors (Lipinski definition) is 1. The molecule has 0 aliphatic rings. The maximum absolute atomic E-state index is 12.1. The molecule has 0 N–H and O–H groups in total. The first-order valence-electron chi connectivity index (χ1n) is 5.87. The van der Waals surface area contributed by atoms with Crippen molar-refractivity contribution in [2.24, 2.45) is 7.05 Å². The molecule has 0 aliphatic heterocycles. The second kappa shape index (κ2) is 5.11. The average Bonchev–Trinajstić information content (AvgIpc) is 2.34. The summed E-state index contributed by atoms with van der Waals surface area (Å²) >= 11 is 3.33. The lowest BCUT2D eigenvalue weighted by Gasteiger charge is -2.12. The van der Waals surface area contributed by atoms with Crippen LogP contribution in [0.3, 0.4) is 0 Å². The number of nitrogens with zero attached hydrogens (tertiary/aromatic N) is 1. The molecule has 2 nitrogen and oxygen atoms in total. The van der Waals surface area contributed by atoms with Crippen molar-refractivity contribution < 1.29 is 0 Å². The number of alkyl halides is 1. The first-order valence-corrected chi connectivity index (χ1v) is 6.99. The Bertz CT molecular complexity index is 643. The number of halogens is 1. The second-order valence-corrected chi connectivity index (χ2v) is 5.12. The molecule has 2 rings (SSSR count). The van der Waals surface area contributed by atoms with Gasteiger partial charge in [-0.1, -0.05) is 45.8 Å². The number of hydrogen-bond donors (Lipinski definition) is 0. The molecule has 18 heavy (non-hydrogen) atoms. The summed E-state index contributed by atoms with van der Waals surface area (Å²) in [6, 6.07) is 10.2. The van der Waals surface area contributed by atoms with Crippen molar-refractivity contribution in [3.8, 4) is 11.3 Å². The maximum Gasteiger partial charge on any atom is 0.254 e. The van der Waals surface area contributed by atoms with Crippen molar-refractivity contribution in [2.75, 3.05) is 0 Å². The van der Waals surface area contributed by atoms with E-state index in [9.17, 15) is 4.79 Å². The van der Waals surface area contributed by atoms with E-state index in [4.69, 9.17) is 0 Å². The molecule has 0 saturated heterocycles. The molecule has 1 aromatic carbocycles. The van der Waals surface area contributed by atoms with E-state index in [0.29, 0.717) is 5.33 Å². The standard InChI is InChI=1S/C15H16BrNO/c1-10-4-6-13(11(2)8-10)14-7-5-12(9-16)15(18)17(14)3/h4-8H,9H2,1-3H3. The van der Waals surface area contributed by atoms with Crippen LogP contribution in [0.2, 0.25) is 0 Å². The summed E-state index contributed by atoms with van der Waals surface area (Å²) < 4.78 is 1.72. The highest BCUT2D eigenvalue weighted by Gasteiger charge is 2.08. The van der Waals surface area contributed by atoms with Crippen LogP contribution in [0.1, 0.15) is 16.7 Å². The van der Waals surface area contributed by atoms with Crippen molar-refractivity contribution in [1.29, 1.82) is 0 Å². The van der Waals surface area contributed by atoms with Gasteiger partial charge >= 0.3 is 0 Å². The van der Waals surface area contributed by atoms with Gasteiger partial charge in [0.1, 0.15) is 0 Å². The zero-order valence-electron chi connectivity index (χ0n) is 10.8. The van der Waals surface area contributed by atoms with Gasteiger partial charge in [0, 0.05) is 23.5 Å². The normalized spacial score (nSPS) is 10.7. The molecule has 2 aromatic rings. The Labute approximate surface area is 115 Å². The van der Waals surface area contributed by atoms with Crippen molar-refractivity contribution in [1.82, 2.24) is 4.57 Å². The first-order chi connectivity index (χ1) is 8.54. The van der Waals surface area contributed by atoms with E-state index in [2.05, 4.69) is 48.0 Å². The molecule has 0 amide bonds. The summed E-state index contributed by atoms with van der Waals surface area (Å²) in [5, 5.41) is 0.590. The quantitative estimate of drug-likeness (QED) is 0.778. The predicted molar refractivity (Wildman–Crippen MR) is 79.2 cm³/mol. The summed E-state index contributed by atoms with van der Waals surface area (Å²) in [6.45, 7) is 4.15. The molecule has 94 valence electrons. The van der Waals surface area contributed by atoms with Gasteiger partial charge in [-0.25, -0.2) is 0 Å². The number of benzene rings is 1. The van der Waals surface area contributed by atoms with Gasteiger partial charge < -0.3 is 4.57 Å². The van der Waals surface area contributed by atoms with Crippen LogP contribution in [0.4, 0.5) is 0 Å². The Morgan fingerprint density at radius 3 is 2.50 bits per heavy atom. The third kappa shape index (κ3) is 2.27. The summed E-state index contributed by atoms with van der Waals surface area (Å²) in [4.78, 5) is 12.1. The lowest BCUT2D eigenvalue weighted by molar-refractivity contribution is 0.856. The van der Waals surface area contributed by atoms with Gasteiger partial charge in [-0.3, -0.25) is 4.79 Å². The molecule has 1 heterocycles. The molecule has 0 radical (unpaired) electrons. The highest BCUT2D eigenvalue weighted by atomic mass is 79.9. The van der Waals surface area contributed by atoms with Gasteiger partial charge in [-0.05, 0) is 25.5 Å². The van der Waals surface area contributed by atoms with Crippen LogP contribution in [0, 0.1) is 13.8 Å². The van der Waals surface area contributed by atoms with Gasteiger partial charge in [-0.15, -0.1) is 0 Å². The monoisotopic (exact) mass is 305 g/mol. The van der Waals surface area contributed by atoms with Gasteiger partial charge in [0.05, 0.1) is 5.69 Å². The van der Waals surface area contributed by atoms with E-state index in [-0.39, 0.29) is 5.56 Å². The molecule has 0 atom stereocenters. The Morgan fingerprint density at radius 2 is 1.89 bits per heavy atom. The van der Waals surface area contributed by atoms with Crippen molar-refractivity contribution in [3.05, 3.63) is 57.4 Å². The largest absolute Gasteiger partial charge is 0.311 e. The Kier molecular flexibility index (Phi) is 3.71. The van der Waals surface area contributed by atoms with Gasteiger partial charge in [0.2, 0.25) is 0 Å². The van der Waals surface area contributed by atoms with Crippen LogP contribution >= 0.6 is 15.9 Å². The SMILES string of the molecule is Cc1ccc(-c2ccc(CBr)c(=O)n2C)c(C)c1. The van der Waals surface area contributed by atoms with E-state index in [1.165, 1.54) is 11.1 Å². The van der Waals surface area contributed by atoms with E-state index >= 15 is 0 Å². The molecule has 0 saturated carbocycles. The second-order valence-electron chi connectivity index (χ2n) is 4.56. The Hall–Kier alpha value is -1.35. The number of rotatable bonds is 2. The fourth-order valence-electron chi connectivity index (χ4n) is 2.16. The van der Waals surface area contributed by atoms with Crippen LogP contribution < -0.4 is 5.56 Å². The molecule has 0 aliphatic carbocycles. The third-order valence-corrected chi connectivity index (χ3v) is 3.79. The minimum atomic E-state index is 0.0596. The van der Waals surface area contributed by atoms with E-state index in [1.807, 2.05) is 19.2 Å². The fourth-order valence-corrected chi connectivity index (χ4v) is 2.59. The molecular weight excluding hydrogens is 290 g/mol. The number of aromatic nitrogens is 1. The zero-order valence-corrected chi connectivity index (χ0v) is 12.4. The van der Waals surface area contributed by atoms with Crippen molar-refractivity contribution in [2.45, 2.75) is 19.2 Å². The Balaban J connectivity index is 2.65. The molecule has 0 fully saturated rings. The van der Waals surface area contributed by atoms with Crippen LogP contribution in [-0.4, -0.2) is 4.57 Å². The summed E-state index contributed by atoms with van der Waals surface area (Å²) in [5.74, 6) is 0. The third-order valence-electron chi connectivity index (χ3n) is 3.18. The number of pyridine rings is 1. The summed E-state index contributed by atoms with van der Waals surface area (Å²) in [6.07, 6.45) is 0. The lowest BCUT2D eigenvalue weighted by atomic mass is 10.0. The maximum atomic E-state index is 12.1.